The fraction of sp³-hybridized carbons (Fsp3) is 0. The molecule has 2 aromatic carbocycles. The third-order valence-electron chi connectivity index (χ3n) is 2.40. The smallest absolute Gasteiger partial charge is 0.195 e. The van der Waals surface area contributed by atoms with Gasteiger partial charge in [-0.05, 0) is 18.2 Å². The van der Waals surface area contributed by atoms with E-state index in [0.717, 1.165) is 0 Å². The van der Waals surface area contributed by atoms with Crippen molar-refractivity contribution >= 4 is 12.1 Å². The lowest BCUT2D eigenvalue weighted by molar-refractivity contribution is 0.103. The fourth-order valence-electron chi connectivity index (χ4n) is 1.55. The molecule has 0 aliphatic carbocycles. The third-order valence-corrected chi connectivity index (χ3v) is 2.40. The van der Waals surface area contributed by atoms with Crippen LogP contribution < -0.4 is 0 Å². The standard InChI is InChI=1S/C14H9FO2/c15-13-7-2-1-6-12(13)14(17)11-5-3-4-10(8-11)9-16/h1-9H. The summed E-state index contributed by atoms with van der Waals surface area (Å²) in [6, 6.07) is 12.0. The summed E-state index contributed by atoms with van der Waals surface area (Å²) in [4.78, 5) is 22.6. The molecular formula is C14H9FO2. The second kappa shape index (κ2) is 4.70. The summed E-state index contributed by atoms with van der Waals surface area (Å²) in [6.45, 7) is 0. The van der Waals surface area contributed by atoms with Crippen LogP contribution in [-0.4, -0.2) is 12.1 Å². The molecule has 0 radical (unpaired) electrons. The Bertz CT molecular complexity index is 576. The first-order valence-electron chi connectivity index (χ1n) is 5.07. The molecule has 0 amide bonds. The van der Waals surface area contributed by atoms with Crippen molar-refractivity contribution in [2.24, 2.45) is 0 Å². The van der Waals surface area contributed by atoms with Crippen molar-refractivity contribution in [1.29, 1.82) is 0 Å². The van der Waals surface area contributed by atoms with Crippen LogP contribution in [0.5, 0.6) is 0 Å². The van der Waals surface area contributed by atoms with Gasteiger partial charge in [-0.3, -0.25) is 9.59 Å². The zero-order valence-corrected chi connectivity index (χ0v) is 8.89. The van der Waals surface area contributed by atoms with Crippen LogP contribution in [0.2, 0.25) is 0 Å². The van der Waals surface area contributed by atoms with Crippen molar-refractivity contribution in [1.82, 2.24) is 0 Å². The first kappa shape index (κ1) is 11.2. The van der Waals surface area contributed by atoms with E-state index < -0.39 is 11.6 Å². The minimum absolute atomic E-state index is 0.00977. The highest BCUT2D eigenvalue weighted by molar-refractivity contribution is 6.09. The van der Waals surface area contributed by atoms with Crippen molar-refractivity contribution in [3.63, 3.8) is 0 Å². The lowest BCUT2D eigenvalue weighted by atomic mass is 10.0. The zero-order valence-electron chi connectivity index (χ0n) is 8.89. The molecule has 0 saturated carbocycles. The number of benzene rings is 2. The summed E-state index contributed by atoms with van der Waals surface area (Å²) >= 11 is 0. The molecule has 0 N–H and O–H groups in total. The van der Waals surface area contributed by atoms with E-state index in [0.29, 0.717) is 17.4 Å². The highest BCUT2D eigenvalue weighted by Crippen LogP contribution is 2.14. The van der Waals surface area contributed by atoms with Gasteiger partial charge in [-0.1, -0.05) is 30.3 Å². The van der Waals surface area contributed by atoms with E-state index in [2.05, 4.69) is 0 Å². The molecule has 0 atom stereocenters. The number of hydrogen-bond donors (Lipinski definition) is 0. The predicted molar refractivity (Wildman–Crippen MR) is 61.7 cm³/mol. The molecule has 0 aliphatic rings. The molecule has 0 aromatic heterocycles. The van der Waals surface area contributed by atoms with Gasteiger partial charge in [-0.15, -0.1) is 0 Å². The number of halogens is 1. The van der Waals surface area contributed by atoms with Gasteiger partial charge in [-0.2, -0.15) is 0 Å². The maximum absolute atomic E-state index is 13.4. The molecule has 2 aromatic rings. The summed E-state index contributed by atoms with van der Waals surface area (Å²) in [6.07, 6.45) is 0.651. The monoisotopic (exact) mass is 228 g/mol. The summed E-state index contributed by atoms with van der Waals surface area (Å²) in [5.41, 5.74) is 0.711. The van der Waals surface area contributed by atoms with Crippen LogP contribution in [0.25, 0.3) is 0 Å². The molecular weight excluding hydrogens is 219 g/mol. The Morgan fingerprint density at radius 2 is 1.82 bits per heavy atom. The van der Waals surface area contributed by atoms with Crippen molar-refractivity contribution in [2.45, 2.75) is 0 Å². The highest BCUT2D eigenvalue weighted by atomic mass is 19.1. The fourth-order valence-corrected chi connectivity index (χ4v) is 1.55. The molecule has 84 valence electrons. The molecule has 2 rings (SSSR count). The number of carbonyl (C=O) groups excluding carboxylic acids is 2. The van der Waals surface area contributed by atoms with Crippen molar-refractivity contribution in [3.05, 3.63) is 71.0 Å². The normalized spacial score (nSPS) is 9.94. The Morgan fingerprint density at radius 3 is 2.53 bits per heavy atom. The maximum Gasteiger partial charge on any atom is 0.195 e. The van der Waals surface area contributed by atoms with Gasteiger partial charge in [0.25, 0.3) is 0 Å². The van der Waals surface area contributed by atoms with Crippen molar-refractivity contribution in [2.75, 3.05) is 0 Å². The minimum atomic E-state index is -0.561. The predicted octanol–water partition coefficient (Wildman–Crippen LogP) is 2.87. The van der Waals surface area contributed by atoms with Crippen LogP contribution in [0.3, 0.4) is 0 Å². The number of ketones is 1. The Balaban J connectivity index is 2.44. The second-order valence-electron chi connectivity index (χ2n) is 3.55. The third kappa shape index (κ3) is 2.28. The summed E-state index contributed by atoms with van der Waals surface area (Å²) < 4.78 is 13.4. The van der Waals surface area contributed by atoms with Gasteiger partial charge in [-0.25, -0.2) is 4.39 Å². The lowest BCUT2D eigenvalue weighted by Gasteiger charge is -2.02. The van der Waals surface area contributed by atoms with E-state index in [1.807, 2.05) is 0 Å². The molecule has 2 nitrogen and oxygen atoms in total. The molecule has 0 saturated heterocycles. The van der Waals surface area contributed by atoms with Crippen LogP contribution in [0.15, 0.2) is 48.5 Å². The average molecular weight is 228 g/mol. The SMILES string of the molecule is O=Cc1cccc(C(=O)c2ccccc2F)c1. The van der Waals surface area contributed by atoms with Crippen LogP contribution in [-0.2, 0) is 0 Å². The number of carbonyl (C=O) groups is 2. The zero-order chi connectivity index (χ0) is 12.3. The van der Waals surface area contributed by atoms with Crippen LogP contribution in [0.4, 0.5) is 4.39 Å². The van der Waals surface area contributed by atoms with Crippen LogP contribution >= 0.6 is 0 Å². The van der Waals surface area contributed by atoms with E-state index in [-0.39, 0.29) is 5.56 Å². The highest BCUT2D eigenvalue weighted by Gasteiger charge is 2.13. The Kier molecular flexibility index (Phi) is 3.10. The van der Waals surface area contributed by atoms with Crippen LogP contribution in [0, 0.1) is 5.82 Å². The topological polar surface area (TPSA) is 34.1 Å². The average Bonchev–Trinajstić information content (AvgIpc) is 2.38. The molecule has 3 heteroatoms. The van der Waals surface area contributed by atoms with Gasteiger partial charge in [0.1, 0.15) is 12.1 Å². The molecule has 0 bridgehead atoms. The summed E-state index contributed by atoms with van der Waals surface area (Å²) in [5.74, 6) is -0.985. The Labute approximate surface area is 97.7 Å². The quantitative estimate of drug-likeness (QED) is 0.598. The molecule has 0 aliphatic heterocycles. The van der Waals surface area contributed by atoms with Gasteiger partial charge in [0.2, 0.25) is 0 Å². The lowest BCUT2D eigenvalue weighted by Crippen LogP contribution is -2.04. The molecule has 0 unspecified atom stereocenters. The van der Waals surface area contributed by atoms with E-state index >= 15 is 0 Å². The van der Waals surface area contributed by atoms with E-state index in [4.69, 9.17) is 0 Å². The van der Waals surface area contributed by atoms with Gasteiger partial charge >= 0.3 is 0 Å². The van der Waals surface area contributed by atoms with Crippen molar-refractivity contribution in [3.8, 4) is 0 Å². The number of hydrogen-bond acceptors (Lipinski definition) is 2. The molecule has 0 fully saturated rings. The molecule has 0 spiro atoms. The van der Waals surface area contributed by atoms with Crippen molar-refractivity contribution < 1.29 is 14.0 Å². The molecule has 17 heavy (non-hydrogen) atoms. The van der Waals surface area contributed by atoms with Gasteiger partial charge in [0.05, 0.1) is 5.56 Å². The Morgan fingerprint density at radius 1 is 1.06 bits per heavy atom. The van der Waals surface area contributed by atoms with E-state index in [9.17, 15) is 14.0 Å². The summed E-state index contributed by atoms with van der Waals surface area (Å²) in [7, 11) is 0. The van der Waals surface area contributed by atoms with Gasteiger partial charge in [0.15, 0.2) is 5.78 Å². The number of rotatable bonds is 3. The second-order valence-corrected chi connectivity index (χ2v) is 3.55. The first-order chi connectivity index (χ1) is 8.22. The largest absolute Gasteiger partial charge is 0.298 e. The van der Waals surface area contributed by atoms with E-state index in [1.54, 1.807) is 24.3 Å². The maximum atomic E-state index is 13.4. The van der Waals surface area contributed by atoms with E-state index in [1.165, 1.54) is 24.3 Å². The number of aldehydes is 1. The molecule has 0 heterocycles. The Hall–Kier alpha value is -2.29. The van der Waals surface area contributed by atoms with Gasteiger partial charge in [0, 0.05) is 11.1 Å². The van der Waals surface area contributed by atoms with Crippen LogP contribution in [0.1, 0.15) is 26.3 Å². The first-order valence-corrected chi connectivity index (χ1v) is 5.07. The van der Waals surface area contributed by atoms with Gasteiger partial charge < -0.3 is 0 Å². The summed E-state index contributed by atoms with van der Waals surface area (Å²) in [5, 5.41) is 0. The minimum Gasteiger partial charge on any atom is -0.298 e.